The molecule has 1 amide bonds. The molecule has 0 spiro atoms. The first kappa shape index (κ1) is 14.7. The lowest BCUT2D eigenvalue weighted by Crippen LogP contribution is -2.37. The third-order valence-corrected chi connectivity index (χ3v) is 3.39. The molecule has 2 aromatic rings. The van der Waals surface area contributed by atoms with Gasteiger partial charge in [0.05, 0.1) is 12.1 Å². The van der Waals surface area contributed by atoms with E-state index in [2.05, 4.69) is 26.2 Å². The number of aliphatic hydroxyl groups excluding tert-OH is 1. The van der Waals surface area contributed by atoms with Crippen LogP contribution in [0.25, 0.3) is 0 Å². The molecule has 0 saturated heterocycles. The van der Waals surface area contributed by atoms with Gasteiger partial charge in [-0.05, 0) is 46.6 Å². The summed E-state index contributed by atoms with van der Waals surface area (Å²) in [5.74, 6) is -0.682. The van der Waals surface area contributed by atoms with Crippen molar-refractivity contribution in [2.45, 2.75) is 19.1 Å². The van der Waals surface area contributed by atoms with Gasteiger partial charge in [0, 0.05) is 10.7 Å². The second-order valence-corrected chi connectivity index (χ2v) is 5.41. The minimum absolute atomic E-state index is 0.315. The SMILES string of the molecule is CC(NC(=O)c1cc(Br)c[nH]1)C(O)c1ccc(F)cc1. The summed E-state index contributed by atoms with van der Waals surface area (Å²) >= 11 is 3.24. The van der Waals surface area contributed by atoms with E-state index in [4.69, 9.17) is 0 Å². The Morgan fingerprint density at radius 2 is 2.05 bits per heavy atom. The van der Waals surface area contributed by atoms with Crippen LogP contribution in [0.1, 0.15) is 29.1 Å². The number of carbonyl (C=O) groups excluding carboxylic acids is 1. The summed E-state index contributed by atoms with van der Waals surface area (Å²) in [6.07, 6.45) is 0.744. The number of benzene rings is 1. The summed E-state index contributed by atoms with van der Waals surface area (Å²) in [5, 5.41) is 12.8. The van der Waals surface area contributed by atoms with E-state index in [-0.39, 0.29) is 11.7 Å². The van der Waals surface area contributed by atoms with E-state index in [1.807, 2.05) is 0 Å². The number of aromatic nitrogens is 1. The normalized spacial score (nSPS) is 13.8. The standard InChI is InChI=1S/C14H14BrFN2O2/c1-8(13(19)9-2-4-11(16)5-3-9)18-14(20)12-6-10(15)7-17-12/h2-8,13,17,19H,1H3,(H,18,20). The smallest absolute Gasteiger partial charge is 0.268 e. The average Bonchev–Trinajstić information content (AvgIpc) is 2.85. The molecule has 0 bridgehead atoms. The van der Waals surface area contributed by atoms with Gasteiger partial charge in [-0.2, -0.15) is 0 Å². The Labute approximate surface area is 124 Å². The Morgan fingerprint density at radius 1 is 1.40 bits per heavy atom. The number of aromatic amines is 1. The summed E-state index contributed by atoms with van der Waals surface area (Å²) in [6.45, 7) is 1.68. The molecule has 2 unspecified atom stereocenters. The second-order valence-electron chi connectivity index (χ2n) is 4.49. The molecule has 2 rings (SSSR count). The van der Waals surface area contributed by atoms with Gasteiger partial charge in [0.2, 0.25) is 0 Å². The van der Waals surface area contributed by atoms with E-state index < -0.39 is 12.1 Å². The first-order chi connectivity index (χ1) is 9.47. The van der Waals surface area contributed by atoms with Crippen LogP contribution in [0.3, 0.4) is 0 Å². The maximum atomic E-state index is 12.8. The number of hydrogen-bond donors (Lipinski definition) is 3. The van der Waals surface area contributed by atoms with Crippen LogP contribution in [0.2, 0.25) is 0 Å². The van der Waals surface area contributed by atoms with Gasteiger partial charge in [0.15, 0.2) is 0 Å². The molecule has 3 N–H and O–H groups in total. The molecule has 0 fully saturated rings. The summed E-state index contributed by atoms with van der Waals surface area (Å²) in [5.41, 5.74) is 0.946. The molecular formula is C14H14BrFN2O2. The summed E-state index contributed by atoms with van der Waals surface area (Å²) in [4.78, 5) is 14.7. The molecule has 2 atom stereocenters. The van der Waals surface area contributed by atoms with E-state index >= 15 is 0 Å². The number of carbonyl (C=O) groups is 1. The number of hydrogen-bond acceptors (Lipinski definition) is 2. The predicted molar refractivity (Wildman–Crippen MR) is 76.8 cm³/mol. The van der Waals surface area contributed by atoms with Crippen LogP contribution in [0, 0.1) is 5.82 Å². The van der Waals surface area contributed by atoms with Crippen molar-refractivity contribution in [3.8, 4) is 0 Å². The maximum Gasteiger partial charge on any atom is 0.268 e. The third-order valence-electron chi connectivity index (χ3n) is 2.94. The van der Waals surface area contributed by atoms with Crippen LogP contribution in [-0.2, 0) is 0 Å². The molecule has 106 valence electrons. The number of aliphatic hydroxyl groups is 1. The van der Waals surface area contributed by atoms with Gasteiger partial charge >= 0.3 is 0 Å². The van der Waals surface area contributed by atoms with Gasteiger partial charge in [-0.3, -0.25) is 4.79 Å². The quantitative estimate of drug-likeness (QED) is 0.801. The fourth-order valence-corrected chi connectivity index (χ4v) is 2.15. The van der Waals surface area contributed by atoms with E-state index in [1.165, 1.54) is 24.3 Å². The minimum Gasteiger partial charge on any atom is -0.386 e. The Kier molecular flexibility index (Phi) is 4.57. The summed E-state index contributed by atoms with van der Waals surface area (Å²) in [7, 11) is 0. The zero-order valence-electron chi connectivity index (χ0n) is 10.7. The van der Waals surface area contributed by atoms with Crippen molar-refractivity contribution in [3.05, 3.63) is 58.1 Å². The molecule has 0 aliphatic rings. The van der Waals surface area contributed by atoms with Gasteiger partial charge in [0.1, 0.15) is 11.5 Å². The van der Waals surface area contributed by atoms with Crippen molar-refractivity contribution in [2.75, 3.05) is 0 Å². The Balaban J connectivity index is 2.02. The molecule has 0 radical (unpaired) electrons. The molecule has 0 saturated carbocycles. The van der Waals surface area contributed by atoms with Gasteiger partial charge in [0.25, 0.3) is 5.91 Å². The predicted octanol–water partition coefficient (Wildman–Crippen LogP) is 2.77. The molecule has 0 aliphatic carbocycles. The first-order valence-corrected chi connectivity index (χ1v) is 6.85. The van der Waals surface area contributed by atoms with E-state index in [9.17, 15) is 14.3 Å². The Bertz CT molecular complexity index is 597. The van der Waals surface area contributed by atoms with Gasteiger partial charge < -0.3 is 15.4 Å². The van der Waals surface area contributed by atoms with Gasteiger partial charge in [-0.25, -0.2) is 4.39 Å². The highest BCUT2D eigenvalue weighted by molar-refractivity contribution is 9.10. The average molecular weight is 341 g/mol. The van der Waals surface area contributed by atoms with Gasteiger partial charge in [-0.15, -0.1) is 0 Å². The molecule has 6 heteroatoms. The molecule has 1 heterocycles. The van der Waals surface area contributed by atoms with Crippen molar-refractivity contribution in [3.63, 3.8) is 0 Å². The molecule has 1 aromatic heterocycles. The van der Waals surface area contributed by atoms with Crippen molar-refractivity contribution in [1.82, 2.24) is 10.3 Å². The van der Waals surface area contributed by atoms with Crippen LogP contribution in [-0.4, -0.2) is 22.0 Å². The summed E-state index contributed by atoms with van der Waals surface area (Å²) < 4.78 is 13.6. The monoisotopic (exact) mass is 340 g/mol. The third kappa shape index (κ3) is 3.46. The first-order valence-electron chi connectivity index (χ1n) is 6.05. The number of amides is 1. The van der Waals surface area contributed by atoms with Crippen LogP contribution < -0.4 is 5.32 Å². The van der Waals surface area contributed by atoms with E-state index in [0.717, 1.165) is 4.47 Å². The molecule has 20 heavy (non-hydrogen) atoms. The molecular weight excluding hydrogens is 327 g/mol. The largest absolute Gasteiger partial charge is 0.386 e. The lowest BCUT2D eigenvalue weighted by atomic mass is 10.0. The van der Waals surface area contributed by atoms with Gasteiger partial charge in [-0.1, -0.05) is 12.1 Å². The van der Waals surface area contributed by atoms with Crippen molar-refractivity contribution >= 4 is 21.8 Å². The topological polar surface area (TPSA) is 65.1 Å². The van der Waals surface area contributed by atoms with E-state index in [0.29, 0.717) is 11.3 Å². The number of rotatable bonds is 4. The molecule has 1 aromatic carbocycles. The van der Waals surface area contributed by atoms with Crippen LogP contribution in [0.4, 0.5) is 4.39 Å². The Hall–Kier alpha value is -1.66. The highest BCUT2D eigenvalue weighted by Gasteiger charge is 2.19. The zero-order chi connectivity index (χ0) is 14.7. The van der Waals surface area contributed by atoms with Crippen LogP contribution in [0.5, 0.6) is 0 Å². The lowest BCUT2D eigenvalue weighted by Gasteiger charge is -2.20. The maximum absolute atomic E-state index is 12.8. The second kappa shape index (κ2) is 6.19. The Morgan fingerprint density at radius 3 is 2.60 bits per heavy atom. The fourth-order valence-electron chi connectivity index (χ4n) is 1.81. The fraction of sp³-hybridized carbons (Fsp3) is 0.214. The number of nitrogens with one attached hydrogen (secondary N) is 2. The highest BCUT2D eigenvalue weighted by atomic mass is 79.9. The lowest BCUT2D eigenvalue weighted by molar-refractivity contribution is 0.0848. The van der Waals surface area contributed by atoms with Crippen molar-refractivity contribution in [2.24, 2.45) is 0 Å². The number of halogens is 2. The van der Waals surface area contributed by atoms with Crippen molar-refractivity contribution in [1.29, 1.82) is 0 Å². The molecule has 0 aliphatic heterocycles. The highest BCUT2D eigenvalue weighted by Crippen LogP contribution is 2.18. The van der Waals surface area contributed by atoms with Crippen molar-refractivity contribution < 1.29 is 14.3 Å². The molecule has 4 nitrogen and oxygen atoms in total. The van der Waals surface area contributed by atoms with Crippen LogP contribution >= 0.6 is 15.9 Å². The van der Waals surface area contributed by atoms with Crippen LogP contribution in [0.15, 0.2) is 41.0 Å². The van der Waals surface area contributed by atoms with E-state index in [1.54, 1.807) is 19.2 Å². The minimum atomic E-state index is -0.905. The summed E-state index contributed by atoms with van der Waals surface area (Å²) in [6, 6.07) is 6.67. The number of H-pyrrole nitrogens is 1. The zero-order valence-corrected chi connectivity index (χ0v) is 12.3.